The van der Waals surface area contributed by atoms with Crippen LogP contribution in [0.5, 0.6) is 0 Å². The van der Waals surface area contributed by atoms with Gasteiger partial charge < -0.3 is 15.4 Å². The van der Waals surface area contributed by atoms with E-state index in [-0.39, 0.29) is 11.4 Å². The molecule has 3 N–H and O–H groups in total. The largest absolute Gasteiger partial charge is 0.468 e. The summed E-state index contributed by atoms with van der Waals surface area (Å²) in [6.07, 6.45) is 2.96. The Morgan fingerprint density at radius 2 is 1.65 bits per heavy atom. The fourth-order valence-electron chi connectivity index (χ4n) is 2.72. The lowest BCUT2D eigenvalue weighted by Gasteiger charge is -2.21. The van der Waals surface area contributed by atoms with Crippen molar-refractivity contribution in [3.63, 3.8) is 0 Å². The van der Waals surface area contributed by atoms with Crippen molar-refractivity contribution < 1.29 is 27.5 Å². The minimum absolute atomic E-state index is 0.0892. The summed E-state index contributed by atoms with van der Waals surface area (Å²) >= 11 is 5.83. The van der Waals surface area contributed by atoms with E-state index in [0.717, 1.165) is 5.56 Å². The van der Waals surface area contributed by atoms with Crippen molar-refractivity contribution in [1.29, 1.82) is 0 Å². The number of methoxy groups -OCH3 is 1. The summed E-state index contributed by atoms with van der Waals surface area (Å²) in [6, 6.07) is 11.3. The van der Waals surface area contributed by atoms with Crippen LogP contribution in [0.4, 0.5) is 5.69 Å². The molecule has 0 aromatic heterocycles. The highest BCUT2D eigenvalue weighted by molar-refractivity contribution is 7.89. The van der Waals surface area contributed by atoms with E-state index in [1.807, 2.05) is 0 Å². The van der Waals surface area contributed by atoms with E-state index in [1.54, 1.807) is 44.2 Å². The van der Waals surface area contributed by atoms with Crippen molar-refractivity contribution in [1.82, 2.24) is 10.0 Å². The van der Waals surface area contributed by atoms with Crippen LogP contribution in [-0.4, -0.2) is 45.9 Å². The lowest BCUT2D eigenvalue weighted by molar-refractivity contribution is -0.141. The molecule has 0 saturated carbocycles. The number of ether oxygens (including phenoxy) is 1. The smallest absolute Gasteiger partial charge is 0.325 e. The van der Waals surface area contributed by atoms with Gasteiger partial charge in [-0.3, -0.25) is 14.4 Å². The molecular weight excluding hydrogens is 482 g/mol. The summed E-state index contributed by atoms with van der Waals surface area (Å²) in [5.41, 5.74) is 1.18. The summed E-state index contributed by atoms with van der Waals surface area (Å²) in [6.45, 7) is 2.96. The maximum Gasteiger partial charge on any atom is 0.325 e. The summed E-state index contributed by atoms with van der Waals surface area (Å²) in [7, 11) is -2.87. The van der Waals surface area contributed by atoms with Crippen LogP contribution in [0.25, 0.3) is 6.08 Å². The molecule has 0 bridgehead atoms. The van der Waals surface area contributed by atoms with Crippen LogP contribution >= 0.6 is 11.6 Å². The second kappa shape index (κ2) is 12.3. The summed E-state index contributed by atoms with van der Waals surface area (Å²) in [4.78, 5) is 35.6. The maximum atomic E-state index is 12.8. The van der Waals surface area contributed by atoms with Gasteiger partial charge in [0.05, 0.1) is 12.0 Å². The first kappa shape index (κ1) is 27.0. The highest BCUT2D eigenvalue weighted by Gasteiger charge is 2.28. The molecule has 2 aromatic rings. The number of hydrogen-bond donors (Lipinski definition) is 3. The van der Waals surface area contributed by atoms with E-state index in [1.165, 1.54) is 37.5 Å². The molecule has 0 saturated heterocycles. The average Bonchev–Trinajstić information content (AvgIpc) is 2.80. The quantitative estimate of drug-likeness (QED) is 0.334. The Morgan fingerprint density at radius 1 is 1.03 bits per heavy atom. The summed E-state index contributed by atoms with van der Waals surface area (Å²) < 4.78 is 32.4. The Morgan fingerprint density at radius 3 is 2.21 bits per heavy atom. The van der Waals surface area contributed by atoms with E-state index < -0.39 is 39.8 Å². The van der Waals surface area contributed by atoms with Crippen molar-refractivity contribution >= 4 is 51.2 Å². The van der Waals surface area contributed by atoms with E-state index in [4.69, 9.17) is 11.6 Å². The van der Waals surface area contributed by atoms with Gasteiger partial charge in [-0.1, -0.05) is 37.6 Å². The Balaban J connectivity index is 2.03. The highest BCUT2D eigenvalue weighted by Crippen LogP contribution is 2.16. The molecular formula is C23H26ClN3O6S. The third kappa shape index (κ3) is 8.29. The Labute approximate surface area is 203 Å². The van der Waals surface area contributed by atoms with E-state index >= 15 is 0 Å². The van der Waals surface area contributed by atoms with Crippen molar-refractivity contribution in [2.45, 2.75) is 24.8 Å². The molecule has 34 heavy (non-hydrogen) atoms. The Kier molecular flexibility index (Phi) is 9.79. The number of carbonyl (C=O) groups is 3. The highest BCUT2D eigenvalue weighted by atomic mass is 35.5. The zero-order valence-electron chi connectivity index (χ0n) is 18.9. The predicted molar refractivity (Wildman–Crippen MR) is 130 cm³/mol. The van der Waals surface area contributed by atoms with Crippen molar-refractivity contribution in [2.24, 2.45) is 5.92 Å². The number of sulfonamides is 1. The van der Waals surface area contributed by atoms with Crippen LogP contribution in [0.15, 0.2) is 59.5 Å². The number of hydrogen-bond acceptors (Lipinski definition) is 6. The summed E-state index contributed by atoms with van der Waals surface area (Å²) in [5.74, 6) is -2.09. The zero-order valence-corrected chi connectivity index (χ0v) is 20.4. The first-order chi connectivity index (χ1) is 16.0. The molecule has 2 amide bonds. The fraction of sp³-hybridized carbons (Fsp3) is 0.261. The molecule has 0 fully saturated rings. The molecule has 0 heterocycles. The number of benzene rings is 2. The number of carbonyl (C=O) groups excluding carboxylic acids is 3. The van der Waals surface area contributed by atoms with E-state index in [9.17, 15) is 22.8 Å². The van der Waals surface area contributed by atoms with Gasteiger partial charge in [0.15, 0.2) is 0 Å². The minimum atomic E-state index is -4.05. The van der Waals surface area contributed by atoms with Gasteiger partial charge in [-0.05, 0) is 54.0 Å². The van der Waals surface area contributed by atoms with Gasteiger partial charge in [0.1, 0.15) is 12.6 Å². The van der Waals surface area contributed by atoms with Crippen LogP contribution in [0, 0.1) is 5.92 Å². The zero-order chi connectivity index (χ0) is 25.3. The van der Waals surface area contributed by atoms with Gasteiger partial charge in [0.2, 0.25) is 21.8 Å². The van der Waals surface area contributed by atoms with Gasteiger partial charge >= 0.3 is 5.97 Å². The van der Waals surface area contributed by atoms with Crippen molar-refractivity contribution in [3.05, 3.63) is 65.2 Å². The van der Waals surface area contributed by atoms with Gasteiger partial charge in [-0.15, -0.1) is 0 Å². The minimum Gasteiger partial charge on any atom is -0.468 e. The molecule has 9 nitrogen and oxygen atoms in total. The molecule has 0 aliphatic heterocycles. The van der Waals surface area contributed by atoms with Gasteiger partial charge in [-0.2, -0.15) is 4.72 Å². The van der Waals surface area contributed by atoms with Gasteiger partial charge in [-0.25, -0.2) is 8.42 Å². The Bertz CT molecular complexity index is 1150. The van der Waals surface area contributed by atoms with Crippen LogP contribution in [0.2, 0.25) is 5.02 Å². The molecule has 11 heteroatoms. The van der Waals surface area contributed by atoms with Crippen LogP contribution in [-0.2, 0) is 29.1 Å². The van der Waals surface area contributed by atoms with Gasteiger partial charge in [0.25, 0.3) is 0 Å². The van der Waals surface area contributed by atoms with Crippen molar-refractivity contribution in [2.75, 3.05) is 19.0 Å². The molecule has 1 atom stereocenters. The van der Waals surface area contributed by atoms with Crippen LogP contribution in [0.3, 0.4) is 0 Å². The fourth-order valence-corrected chi connectivity index (χ4v) is 4.19. The van der Waals surface area contributed by atoms with Crippen molar-refractivity contribution in [3.8, 4) is 0 Å². The van der Waals surface area contributed by atoms with Gasteiger partial charge in [0, 0.05) is 16.8 Å². The maximum absolute atomic E-state index is 12.8. The third-order valence-electron chi connectivity index (χ3n) is 4.60. The van der Waals surface area contributed by atoms with E-state index in [2.05, 4.69) is 20.1 Å². The molecule has 2 rings (SSSR count). The Hall–Kier alpha value is -3.21. The molecule has 0 radical (unpaired) electrons. The second-order valence-corrected chi connectivity index (χ2v) is 9.69. The predicted octanol–water partition coefficient (Wildman–Crippen LogP) is 2.58. The first-order valence-corrected chi connectivity index (χ1v) is 12.1. The lowest BCUT2D eigenvalue weighted by Crippen LogP contribution is -2.50. The van der Waals surface area contributed by atoms with E-state index in [0.29, 0.717) is 10.7 Å². The number of esters is 1. The first-order valence-electron chi connectivity index (χ1n) is 10.2. The SMILES string of the molecule is COC(=O)CNC(=O)[C@@H](NS(=O)(=O)c1ccc(NC(=O)/C=C/c2ccc(Cl)cc2)cc1)C(C)C. The second-order valence-electron chi connectivity index (χ2n) is 7.54. The number of rotatable bonds is 10. The normalized spacial score (nSPS) is 12.4. The number of halogens is 1. The lowest BCUT2D eigenvalue weighted by atomic mass is 10.1. The van der Waals surface area contributed by atoms with Crippen LogP contribution < -0.4 is 15.4 Å². The monoisotopic (exact) mass is 507 g/mol. The standard InChI is InChI=1S/C23H26ClN3O6S/c1-15(2)22(23(30)25-14-21(29)33-3)27-34(31,32)19-11-9-18(10-12-19)26-20(28)13-6-16-4-7-17(24)8-5-16/h4-13,15,22,27H,14H2,1-3H3,(H,25,30)(H,26,28)/b13-6+/t22-/m0/s1. The number of nitrogens with one attached hydrogen (secondary N) is 3. The molecule has 0 unspecified atom stereocenters. The number of anilines is 1. The molecule has 0 aliphatic carbocycles. The summed E-state index contributed by atoms with van der Waals surface area (Å²) in [5, 5.41) is 5.57. The number of amides is 2. The topological polar surface area (TPSA) is 131 Å². The van der Waals surface area contributed by atoms with Crippen LogP contribution in [0.1, 0.15) is 19.4 Å². The molecule has 0 spiro atoms. The molecule has 2 aromatic carbocycles. The molecule has 0 aliphatic rings. The average molecular weight is 508 g/mol. The molecule has 182 valence electrons. The third-order valence-corrected chi connectivity index (χ3v) is 6.30.